The molecule has 3 nitrogen and oxygen atoms in total. The van der Waals surface area contributed by atoms with E-state index < -0.39 is 0 Å². The number of hydrogen-bond donors (Lipinski definition) is 1. The summed E-state index contributed by atoms with van der Waals surface area (Å²) < 4.78 is 5.20. The van der Waals surface area contributed by atoms with E-state index in [0.717, 1.165) is 23.7 Å². The zero-order chi connectivity index (χ0) is 11.5. The third-order valence-electron chi connectivity index (χ3n) is 2.86. The summed E-state index contributed by atoms with van der Waals surface area (Å²) in [6, 6.07) is 8.31. The van der Waals surface area contributed by atoms with E-state index in [9.17, 15) is 0 Å². The molecule has 0 atom stereocenters. The maximum atomic E-state index is 5.20. The van der Waals surface area contributed by atoms with Gasteiger partial charge >= 0.3 is 0 Å². The van der Waals surface area contributed by atoms with Crippen LogP contribution < -0.4 is 5.32 Å². The van der Waals surface area contributed by atoms with Crippen molar-refractivity contribution in [3.05, 3.63) is 46.6 Å². The van der Waals surface area contributed by atoms with Crippen molar-refractivity contribution >= 4 is 5.88 Å². The molecule has 0 saturated carbocycles. The van der Waals surface area contributed by atoms with Gasteiger partial charge < -0.3 is 9.84 Å². The van der Waals surface area contributed by atoms with Crippen molar-refractivity contribution in [3.63, 3.8) is 0 Å². The van der Waals surface area contributed by atoms with Crippen LogP contribution in [0.15, 0.2) is 28.8 Å². The lowest BCUT2D eigenvalue weighted by atomic mass is 10.1. The zero-order valence-electron chi connectivity index (χ0n) is 9.87. The molecule has 0 aliphatic carbocycles. The number of benzene rings is 1. The second-order valence-electron chi connectivity index (χ2n) is 4.00. The first-order valence-electron chi connectivity index (χ1n) is 5.39. The first kappa shape index (κ1) is 10.7. The molecule has 0 saturated heterocycles. The molecule has 84 valence electrons. The molecular weight excluding hydrogens is 200 g/mol. The molecule has 1 heterocycles. The molecule has 0 amide bonds. The molecule has 3 heteroatoms. The Labute approximate surface area is 95.5 Å². The van der Waals surface area contributed by atoms with Crippen molar-refractivity contribution in [2.75, 3.05) is 5.32 Å². The van der Waals surface area contributed by atoms with Gasteiger partial charge in [0.1, 0.15) is 0 Å². The van der Waals surface area contributed by atoms with Gasteiger partial charge in [-0.2, -0.15) is 0 Å². The largest absolute Gasteiger partial charge is 0.350 e. The first-order valence-corrected chi connectivity index (χ1v) is 5.39. The smallest absolute Gasteiger partial charge is 0.228 e. The van der Waals surface area contributed by atoms with Gasteiger partial charge in [-0.3, -0.25) is 0 Å². The Morgan fingerprint density at radius 1 is 1.19 bits per heavy atom. The number of aryl methyl sites for hydroxylation is 2. The van der Waals surface area contributed by atoms with Crippen molar-refractivity contribution in [1.82, 2.24) is 5.16 Å². The van der Waals surface area contributed by atoms with Crippen LogP contribution in [0.25, 0.3) is 0 Å². The lowest BCUT2D eigenvalue weighted by Crippen LogP contribution is -2.01. The summed E-state index contributed by atoms with van der Waals surface area (Å²) in [6.45, 7) is 6.82. The van der Waals surface area contributed by atoms with E-state index in [1.54, 1.807) is 0 Å². The fourth-order valence-corrected chi connectivity index (χ4v) is 1.56. The van der Waals surface area contributed by atoms with Crippen molar-refractivity contribution in [2.24, 2.45) is 0 Å². The number of aromatic nitrogens is 1. The number of nitrogens with one attached hydrogen (secondary N) is 1. The van der Waals surface area contributed by atoms with E-state index in [1.165, 1.54) is 11.1 Å². The fraction of sp³-hybridized carbons (Fsp3) is 0.308. The SMILES string of the molecule is Cc1ccccc1CNc1onc(C)c1C. The lowest BCUT2D eigenvalue weighted by molar-refractivity contribution is 0.426. The van der Waals surface area contributed by atoms with Crippen LogP contribution in [0.1, 0.15) is 22.4 Å². The minimum absolute atomic E-state index is 0.765. The fourth-order valence-electron chi connectivity index (χ4n) is 1.56. The summed E-state index contributed by atoms with van der Waals surface area (Å²) in [5.41, 5.74) is 4.57. The highest BCUT2D eigenvalue weighted by atomic mass is 16.5. The minimum Gasteiger partial charge on any atom is -0.350 e. The van der Waals surface area contributed by atoms with Gasteiger partial charge in [-0.15, -0.1) is 0 Å². The van der Waals surface area contributed by atoms with E-state index in [0.29, 0.717) is 0 Å². The van der Waals surface area contributed by atoms with Gasteiger partial charge in [0.2, 0.25) is 5.88 Å². The Balaban J connectivity index is 2.08. The average molecular weight is 216 g/mol. The van der Waals surface area contributed by atoms with Crippen molar-refractivity contribution in [2.45, 2.75) is 27.3 Å². The molecular formula is C13H16N2O. The maximum Gasteiger partial charge on any atom is 0.228 e. The quantitative estimate of drug-likeness (QED) is 0.856. The Morgan fingerprint density at radius 2 is 1.94 bits per heavy atom. The van der Waals surface area contributed by atoms with Crippen molar-refractivity contribution in [1.29, 1.82) is 0 Å². The second-order valence-corrected chi connectivity index (χ2v) is 4.00. The molecule has 1 N–H and O–H groups in total. The van der Waals surface area contributed by atoms with Gasteiger partial charge in [-0.05, 0) is 31.9 Å². The lowest BCUT2D eigenvalue weighted by Gasteiger charge is -2.06. The van der Waals surface area contributed by atoms with Crippen molar-refractivity contribution < 1.29 is 4.52 Å². The van der Waals surface area contributed by atoms with Gasteiger partial charge in [-0.1, -0.05) is 29.4 Å². The van der Waals surface area contributed by atoms with Crippen LogP contribution in [0.3, 0.4) is 0 Å². The van der Waals surface area contributed by atoms with Crippen LogP contribution in [0.2, 0.25) is 0 Å². The molecule has 0 radical (unpaired) electrons. The van der Waals surface area contributed by atoms with Crippen LogP contribution in [-0.2, 0) is 6.54 Å². The van der Waals surface area contributed by atoms with E-state index >= 15 is 0 Å². The molecule has 1 aromatic heterocycles. The number of nitrogens with zero attached hydrogens (tertiary/aromatic N) is 1. The maximum absolute atomic E-state index is 5.20. The molecule has 0 bridgehead atoms. The molecule has 2 rings (SSSR count). The summed E-state index contributed by atoms with van der Waals surface area (Å²) >= 11 is 0. The minimum atomic E-state index is 0.765. The highest BCUT2D eigenvalue weighted by Crippen LogP contribution is 2.18. The normalized spacial score (nSPS) is 10.4. The van der Waals surface area contributed by atoms with Gasteiger partial charge in [0.05, 0.1) is 5.69 Å². The summed E-state index contributed by atoms with van der Waals surface area (Å²) in [4.78, 5) is 0. The summed E-state index contributed by atoms with van der Waals surface area (Å²) in [7, 11) is 0. The Kier molecular flexibility index (Phi) is 2.95. The van der Waals surface area contributed by atoms with Crippen LogP contribution in [-0.4, -0.2) is 5.16 Å². The molecule has 0 unspecified atom stereocenters. The number of anilines is 1. The second kappa shape index (κ2) is 4.39. The molecule has 0 aliphatic heterocycles. The molecule has 0 fully saturated rings. The summed E-state index contributed by atoms with van der Waals surface area (Å²) in [6.07, 6.45) is 0. The molecule has 2 aromatic rings. The third-order valence-corrected chi connectivity index (χ3v) is 2.86. The molecule has 1 aromatic carbocycles. The van der Waals surface area contributed by atoms with Crippen LogP contribution >= 0.6 is 0 Å². The highest BCUT2D eigenvalue weighted by molar-refractivity contribution is 5.43. The monoisotopic (exact) mass is 216 g/mol. The topological polar surface area (TPSA) is 38.1 Å². The highest BCUT2D eigenvalue weighted by Gasteiger charge is 2.07. The first-order chi connectivity index (χ1) is 7.68. The van der Waals surface area contributed by atoms with Gasteiger partial charge in [0.25, 0.3) is 0 Å². The van der Waals surface area contributed by atoms with E-state index in [1.807, 2.05) is 26.0 Å². The van der Waals surface area contributed by atoms with Gasteiger partial charge in [-0.25, -0.2) is 0 Å². The van der Waals surface area contributed by atoms with E-state index in [4.69, 9.17) is 4.52 Å². The van der Waals surface area contributed by atoms with Gasteiger partial charge in [0.15, 0.2) is 0 Å². The number of hydrogen-bond acceptors (Lipinski definition) is 3. The average Bonchev–Trinajstić information content (AvgIpc) is 2.59. The molecule has 16 heavy (non-hydrogen) atoms. The van der Waals surface area contributed by atoms with Crippen LogP contribution in [0.5, 0.6) is 0 Å². The Bertz CT molecular complexity index is 488. The number of rotatable bonds is 3. The summed E-state index contributed by atoms with van der Waals surface area (Å²) in [5.74, 6) is 0.765. The third kappa shape index (κ3) is 2.08. The molecule has 0 spiro atoms. The van der Waals surface area contributed by atoms with Gasteiger partial charge in [0, 0.05) is 12.1 Å². The van der Waals surface area contributed by atoms with E-state index in [2.05, 4.69) is 29.5 Å². The Hall–Kier alpha value is -1.77. The predicted molar refractivity (Wildman–Crippen MR) is 64.5 cm³/mol. The standard InChI is InChI=1S/C13H16N2O/c1-9-6-4-5-7-12(9)8-14-13-10(2)11(3)15-16-13/h4-7,14H,8H2,1-3H3. The Morgan fingerprint density at radius 3 is 2.56 bits per heavy atom. The van der Waals surface area contributed by atoms with E-state index in [-0.39, 0.29) is 0 Å². The zero-order valence-corrected chi connectivity index (χ0v) is 9.87. The summed E-state index contributed by atoms with van der Waals surface area (Å²) in [5, 5.41) is 7.18. The van der Waals surface area contributed by atoms with Crippen LogP contribution in [0.4, 0.5) is 5.88 Å². The van der Waals surface area contributed by atoms with Crippen LogP contribution in [0, 0.1) is 20.8 Å². The van der Waals surface area contributed by atoms with Crippen molar-refractivity contribution in [3.8, 4) is 0 Å². The predicted octanol–water partition coefficient (Wildman–Crippen LogP) is 3.21. The molecule has 0 aliphatic rings.